The molecule has 2 aromatic rings. The first-order chi connectivity index (χ1) is 7.84. The summed E-state index contributed by atoms with van der Waals surface area (Å²) in [4.78, 5) is 4.29. The largest absolute Gasteiger partial charge is 0.346 e. The van der Waals surface area contributed by atoms with Crippen molar-refractivity contribution in [2.24, 2.45) is 4.99 Å². The van der Waals surface area contributed by atoms with Crippen molar-refractivity contribution in [2.75, 3.05) is 5.32 Å². The van der Waals surface area contributed by atoms with Gasteiger partial charge >= 0.3 is 0 Å². The van der Waals surface area contributed by atoms with Crippen LogP contribution in [-0.2, 0) is 0 Å². The smallest absolute Gasteiger partial charge is 0.0930 e. The maximum absolute atomic E-state index is 4.29. The molecule has 0 aliphatic rings. The number of para-hydroxylation sites is 1. The third-order valence-electron chi connectivity index (χ3n) is 2.05. The molecule has 80 valence electrons. The lowest BCUT2D eigenvalue weighted by atomic mass is 10.3. The minimum Gasteiger partial charge on any atom is -0.346 e. The lowest BCUT2D eigenvalue weighted by Gasteiger charge is -1.98. The van der Waals surface area contributed by atoms with Crippen LogP contribution in [-0.4, -0.2) is 6.34 Å². The molecule has 0 heterocycles. The van der Waals surface area contributed by atoms with Crippen LogP contribution < -0.4 is 5.32 Å². The Morgan fingerprint density at radius 3 is 2.31 bits per heavy atom. The van der Waals surface area contributed by atoms with Crippen LogP contribution in [0.4, 0.5) is 11.4 Å². The predicted molar refractivity (Wildman–Crippen MR) is 72.4 cm³/mol. The Morgan fingerprint density at radius 2 is 1.62 bits per heavy atom. The number of benzene rings is 2. The molecule has 2 aromatic carbocycles. The van der Waals surface area contributed by atoms with Crippen molar-refractivity contribution in [2.45, 2.75) is 0 Å². The van der Waals surface area contributed by atoms with Crippen molar-refractivity contribution < 1.29 is 0 Å². The summed E-state index contributed by atoms with van der Waals surface area (Å²) in [6, 6.07) is 17.8. The molecule has 0 saturated carbocycles. The maximum Gasteiger partial charge on any atom is 0.0930 e. The van der Waals surface area contributed by atoms with E-state index in [1.54, 1.807) is 6.34 Å². The Balaban J connectivity index is 1.98. The molecule has 2 nitrogen and oxygen atoms in total. The highest BCUT2D eigenvalue weighted by atomic mass is 79.9. The highest BCUT2D eigenvalue weighted by Crippen LogP contribution is 2.16. The van der Waals surface area contributed by atoms with Crippen LogP contribution in [0.2, 0.25) is 0 Å². The molecule has 0 spiro atoms. The van der Waals surface area contributed by atoms with Gasteiger partial charge < -0.3 is 5.32 Å². The Morgan fingerprint density at radius 1 is 0.938 bits per heavy atom. The minimum atomic E-state index is 0.923. The van der Waals surface area contributed by atoms with Gasteiger partial charge in [-0.05, 0) is 36.4 Å². The molecule has 0 unspecified atom stereocenters. The second kappa shape index (κ2) is 5.47. The Labute approximate surface area is 103 Å². The number of hydrogen-bond donors (Lipinski definition) is 1. The van der Waals surface area contributed by atoms with E-state index in [4.69, 9.17) is 0 Å². The maximum atomic E-state index is 4.29. The molecule has 0 amide bonds. The van der Waals surface area contributed by atoms with Crippen LogP contribution in [0.3, 0.4) is 0 Å². The van der Waals surface area contributed by atoms with Crippen molar-refractivity contribution in [1.82, 2.24) is 0 Å². The highest BCUT2D eigenvalue weighted by Gasteiger charge is 1.88. The highest BCUT2D eigenvalue weighted by molar-refractivity contribution is 9.10. The average molecular weight is 275 g/mol. The summed E-state index contributed by atoms with van der Waals surface area (Å²) in [5.74, 6) is 0. The molecule has 0 bridgehead atoms. The Hall–Kier alpha value is -1.61. The van der Waals surface area contributed by atoms with Gasteiger partial charge in [-0.15, -0.1) is 0 Å². The van der Waals surface area contributed by atoms with Gasteiger partial charge in [-0.1, -0.05) is 34.1 Å². The molecular formula is C13H11BrN2. The summed E-state index contributed by atoms with van der Waals surface area (Å²) in [5.41, 5.74) is 1.95. The zero-order valence-electron chi connectivity index (χ0n) is 8.60. The molecule has 0 aliphatic carbocycles. The molecule has 0 aliphatic heterocycles. The van der Waals surface area contributed by atoms with E-state index in [0.717, 1.165) is 15.8 Å². The zero-order chi connectivity index (χ0) is 11.2. The van der Waals surface area contributed by atoms with E-state index in [9.17, 15) is 0 Å². The first kappa shape index (κ1) is 10.9. The zero-order valence-corrected chi connectivity index (χ0v) is 10.2. The summed E-state index contributed by atoms with van der Waals surface area (Å²) in [7, 11) is 0. The van der Waals surface area contributed by atoms with E-state index in [0.29, 0.717) is 0 Å². The van der Waals surface area contributed by atoms with E-state index >= 15 is 0 Å². The van der Waals surface area contributed by atoms with E-state index in [1.165, 1.54) is 0 Å². The summed E-state index contributed by atoms with van der Waals surface area (Å²) in [5, 5.41) is 3.10. The molecule has 1 N–H and O–H groups in total. The number of anilines is 1. The Kier molecular flexibility index (Phi) is 3.72. The topological polar surface area (TPSA) is 24.4 Å². The normalized spacial score (nSPS) is 10.6. The van der Waals surface area contributed by atoms with Crippen LogP contribution in [0.25, 0.3) is 0 Å². The van der Waals surface area contributed by atoms with Crippen LogP contribution in [0.5, 0.6) is 0 Å². The third kappa shape index (κ3) is 3.21. The second-order valence-electron chi connectivity index (χ2n) is 3.24. The SMILES string of the molecule is Brc1ccc(N=CNc2ccccc2)cc1. The van der Waals surface area contributed by atoms with Crippen molar-refractivity contribution in [3.8, 4) is 0 Å². The van der Waals surface area contributed by atoms with Gasteiger partial charge in [0.2, 0.25) is 0 Å². The molecule has 0 saturated heterocycles. The van der Waals surface area contributed by atoms with E-state index in [-0.39, 0.29) is 0 Å². The van der Waals surface area contributed by atoms with Gasteiger partial charge in [0.15, 0.2) is 0 Å². The van der Waals surface area contributed by atoms with Gasteiger partial charge in [0.1, 0.15) is 0 Å². The van der Waals surface area contributed by atoms with Gasteiger partial charge in [0.25, 0.3) is 0 Å². The number of aliphatic imine (C=N–C) groups is 1. The second-order valence-corrected chi connectivity index (χ2v) is 4.16. The number of nitrogens with one attached hydrogen (secondary N) is 1. The van der Waals surface area contributed by atoms with E-state index < -0.39 is 0 Å². The Bertz CT molecular complexity index is 463. The summed E-state index contributed by atoms with van der Waals surface area (Å²) in [6.45, 7) is 0. The van der Waals surface area contributed by atoms with Crippen molar-refractivity contribution >= 4 is 33.6 Å². The van der Waals surface area contributed by atoms with E-state index in [1.807, 2.05) is 54.6 Å². The first-order valence-electron chi connectivity index (χ1n) is 4.94. The van der Waals surface area contributed by atoms with Crippen LogP contribution in [0.15, 0.2) is 64.1 Å². The first-order valence-corrected chi connectivity index (χ1v) is 5.73. The lowest BCUT2D eigenvalue weighted by Crippen LogP contribution is -1.92. The van der Waals surface area contributed by atoms with Gasteiger partial charge in [-0.3, -0.25) is 0 Å². The van der Waals surface area contributed by atoms with Gasteiger partial charge in [-0.2, -0.15) is 0 Å². The average Bonchev–Trinajstić information content (AvgIpc) is 2.33. The van der Waals surface area contributed by atoms with Crippen molar-refractivity contribution in [3.05, 3.63) is 59.1 Å². The van der Waals surface area contributed by atoms with Crippen LogP contribution >= 0.6 is 15.9 Å². The molecule has 0 radical (unpaired) electrons. The fourth-order valence-electron chi connectivity index (χ4n) is 1.24. The van der Waals surface area contributed by atoms with E-state index in [2.05, 4.69) is 26.2 Å². The third-order valence-corrected chi connectivity index (χ3v) is 2.57. The minimum absolute atomic E-state index is 0.923. The predicted octanol–water partition coefficient (Wildman–Crippen LogP) is 4.22. The molecule has 3 heteroatoms. The number of hydrogen-bond acceptors (Lipinski definition) is 1. The molecular weight excluding hydrogens is 264 g/mol. The molecule has 2 rings (SSSR count). The van der Waals surface area contributed by atoms with Crippen LogP contribution in [0, 0.1) is 0 Å². The quantitative estimate of drug-likeness (QED) is 0.658. The summed E-state index contributed by atoms with van der Waals surface area (Å²) < 4.78 is 1.06. The van der Waals surface area contributed by atoms with Gasteiger partial charge in [-0.25, -0.2) is 4.99 Å². The van der Waals surface area contributed by atoms with Gasteiger partial charge in [0.05, 0.1) is 12.0 Å². The number of rotatable bonds is 3. The van der Waals surface area contributed by atoms with Crippen LogP contribution in [0.1, 0.15) is 0 Å². The molecule has 16 heavy (non-hydrogen) atoms. The monoisotopic (exact) mass is 274 g/mol. The fourth-order valence-corrected chi connectivity index (χ4v) is 1.51. The summed E-state index contributed by atoms with van der Waals surface area (Å²) >= 11 is 3.38. The lowest BCUT2D eigenvalue weighted by molar-refractivity contribution is 1.51. The molecule has 0 atom stereocenters. The molecule has 0 aromatic heterocycles. The van der Waals surface area contributed by atoms with Gasteiger partial charge in [0, 0.05) is 10.2 Å². The number of halogens is 1. The standard InChI is InChI=1S/C13H11BrN2/c14-11-6-8-13(9-7-11)16-10-15-12-4-2-1-3-5-12/h1-10H,(H,15,16). The van der Waals surface area contributed by atoms with Crippen molar-refractivity contribution in [1.29, 1.82) is 0 Å². The molecule has 0 fully saturated rings. The fraction of sp³-hybridized carbons (Fsp3) is 0. The summed E-state index contributed by atoms with van der Waals surface area (Å²) in [6.07, 6.45) is 1.69. The number of nitrogens with zero attached hydrogens (tertiary/aromatic N) is 1. The van der Waals surface area contributed by atoms with Crippen molar-refractivity contribution in [3.63, 3.8) is 0 Å².